The molecule has 126 valence electrons. The Hall–Kier alpha value is -0.590. The first kappa shape index (κ1) is 17.8. The van der Waals surface area contributed by atoms with Gasteiger partial charge < -0.3 is 0 Å². The van der Waals surface area contributed by atoms with Gasteiger partial charge >= 0.3 is 0 Å². The van der Waals surface area contributed by atoms with Gasteiger partial charge in [0.05, 0.1) is 6.67 Å². The van der Waals surface area contributed by atoms with Crippen LogP contribution in [0.2, 0.25) is 0 Å². The molecule has 0 spiro atoms. The Labute approximate surface area is 137 Å². The van der Waals surface area contributed by atoms with E-state index in [1.54, 1.807) is 0 Å². The highest BCUT2D eigenvalue weighted by molar-refractivity contribution is 4.92. The predicted molar refractivity (Wildman–Crippen MR) is 94.7 cm³/mol. The summed E-state index contributed by atoms with van der Waals surface area (Å²) in [7, 11) is 0. The Morgan fingerprint density at radius 2 is 1.50 bits per heavy atom. The van der Waals surface area contributed by atoms with Gasteiger partial charge in [0.2, 0.25) is 0 Å². The lowest BCUT2D eigenvalue weighted by Crippen LogP contribution is -2.25. The van der Waals surface area contributed by atoms with Gasteiger partial charge in [-0.1, -0.05) is 31.1 Å². The minimum atomic E-state index is -0.174. The second-order valence-electron chi connectivity index (χ2n) is 7.58. The third-order valence-electron chi connectivity index (χ3n) is 6.07. The van der Waals surface area contributed by atoms with E-state index < -0.39 is 0 Å². The van der Waals surface area contributed by atoms with Gasteiger partial charge in [-0.2, -0.15) is 0 Å². The maximum Gasteiger partial charge on any atom is 0.0897 e. The van der Waals surface area contributed by atoms with Crippen LogP contribution in [-0.4, -0.2) is 6.67 Å². The van der Waals surface area contributed by atoms with Gasteiger partial charge in [0.15, 0.2) is 0 Å². The summed E-state index contributed by atoms with van der Waals surface area (Å²) < 4.78 is 12.1. The molecule has 2 rings (SSSR count). The third-order valence-corrected chi connectivity index (χ3v) is 6.07. The van der Waals surface area contributed by atoms with Crippen molar-refractivity contribution in [3.63, 3.8) is 0 Å². The smallest absolute Gasteiger partial charge is 0.0897 e. The topological polar surface area (TPSA) is 0 Å². The molecule has 0 bridgehead atoms. The van der Waals surface area contributed by atoms with E-state index >= 15 is 0 Å². The lowest BCUT2D eigenvalue weighted by molar-refractivity contribution is 0.153. The summed E-state index contributed by atoms with van der Waals surface area (Å²) in [5.74, 6) is 3.76. The van der Waals surface area contributed by atoms with Crippen LogP contribution >= 0.6 is 0 Å². The summed E-state index contributed by atoms with van der Waals surface area (Å²) in [5, 5.41) is 0. The van der Waals surface area contributed by atoms with E-state index in [1.165, 1.54) is 64.2 Å². The molecular weight excluding hydrogens is 271 g/mol. The van der Waals surface area contributed by atoms with Crippen molar-refractivity contribution >= 4 is 0 Å². The molecule has 2 aliphatic rings. The number of halogens is 1. The molecule has 0 aromatic rings. The molecule has 0 atom stereocenters. The zero-order valence-electron chi connectivity index (χ0n) is 14.3. The van der Waals surface area contributed by atoms with Crippen molar-refractivity contribution in [1.29, 1.82) is 0 Å². The second kappa shape index (κ2) is 10.2. The van der Waals surface area contributed by atoms with E-state index in [1.807, 2.05) is 0 Å². The first-order valence-corrected chi connectivity index (χ1v) is 9.67. The summed E-state index contributed by atoms with van der Waals surface area (Å²) >= 11 is 0. The molecule has 22 heavy (non-hydrogen) atoms. The van der Waals surface area contributed by atoms with Crippen LogP contribution in [0.4, 0.5) is 4.39 Å². The fraction of sp³-hybridized carbons (Fsp3) is 0.810. The quantitative estimate of drug-likeness (QED) is 0.339. The van der Waals surface area contributed by atoms with Crippen molar-refractivity contribution in [2.75, 3.05) is 6.67 Å². The summed E-state index contributed by atoms with van der Waals surface area (Å²) in [6.07, 6.45) is 22.3. The Balaban J connectivity index is 1.63. The lowest BCUT2D eigenvalue weighted by atomic mass is 9.68. The van der Waals surface area contributed by atoms with Gasteiger partial charge in [-0.15, -0.1) is 6.58 Å². The summed E-state index contributed by atoms with van der Waals surface area (Å²) in [5.41, 5.74) is 0. The Kier molecular flexibility index (Phi) is 8.26. The van der Waals surface area contributed by atoms with Crippen LogP contribution in [0.5, 0.6) is 0 Å². The molecule has 0 N–H and O–H groups in total. The Bertz CT molecular complexity index is 317. The van der Waals surface area contributed by atoms with Crippen molar-refractivity contribution in [3.8, 4) is 0 Å². The van der Waals surface area contributed by atoms with Crippen LogP contribution in [0.3, 0.4) is 0 Å². The zero-order chi connectivity index (χ0) is 15.6. The highest BCUT2D eigenvalue weighted by Gasteiger charge is 2.29. The number of hydrogen-bond acceptors (Lipinski definition) is 0. The van der Waals surface area contributed by atoms with E-state index in [2.05, 4.69) is 24.8 Å². The zero-order valence-corrected chi connectivity index (χ0v) is 14.3. The molecule has 1 heteroatoms. The fourth-order valence-corrected chi connectivity index (χ4v) is 4.59. The van der Waals surface area contributed by atoms with Crippen molar-refractivity contribution in [3.05, 3.63) is 24.8 Å². The minimum Gasteiger partial charge on any atom is -0.251 e. The maximum absolute atomic E-state index is 12.1. The first-order chi connectivity index (χ1) is 10.8. The number of alkyl halides is 1. The number of rotatable bonds is 8. The minimum absolute atomic E-state index is 0.174. The molecule has 0 heterocycles. The lowest BCUT2D eigenvalue weighted by Gasteiger charge is -2.37. The van der Waals surface area contributed by atoms with Gasteiger partial charge in [0, 0.05) is 0 Å². The molecule has 2 aliphatic carbocycles. The van der Waals surface area contributed by atoms with Crippen LogP contribution in [0.1, 0.15) is 77.0 Å². The Morgan fingerprint density at radius 3 is 2.09 bits per heavy atom. The molecule has 2 fully saturated rings. The molecule has 2 saturated carbocycles. The van der Waals surface area contributed by atoms with Crippen LogP contribution in [0, 0.1) is 23.7 Å². The SMILES string of the molecule is C=CCCC1CCC(C2CCC(/C=C/CCCF)CC2)CC1. The van der Waals surface area contributed by atoms with Gasteiger partial charge in [0.25, 0.3) is 0 Å². The van der Waals surface area contributed by atoms with Crippen LogP contribution < -0.4 is 0 Å². The summed E-state index contributed by atoms with van der Waals surface area (Å²) in [6.45, 7) is 3.67. The normalized spacial score (nSPS) is 33.1. The highest BCUT2D eigenvalue weighted by Crippen LogP contribution is 2.42. The summed E-state index contributed by atoms with van der Waals surface area (Å²) in [4.78, 5) is 0. The van der Waals surface area contributed by atoms with E-state index in [9.17, 15) is 4.39 Å². The summed E-state index contributed by atoms with van der Waals surface area (Å²) in [6, 6.07) is 0. The predicted octanol–water partition coefficient (Wildman–Crippen LogP) is 6.87. The average Bonchev–Trinajstić information content (AvgIpc) is 2.58. The molecule has 0 nitrogen and oxygen atoms in total. The van der Waals surface area contributed by atoms with Crippen molar-refractivity contribution < 1.29 is 4.39 Å². The number of hydrogen-bond donors (Lipinski definition) is 0. The van der Waals surface area contributed by atoms with E-state index in [0.29, 0.717) is 6.42 Å². The molecular formula is C21H35F. The van der Waals surface area contributed by atoms with Gasteiger partial charge in [0.1, 0.15) is 0 Å². The number of unbranched alkanes of at least 4 members (excludes halogenated alkanes) is 1. The highest BCUT2D eigenvalue weighted by atomic mass is 19.1. The first-order valence-electron chi connectivity index (χ1n) is 9.67. The van der Waals surface area contributed by atoms with Gasteiger partial charge in [-0.3, -0.25) is 4.39 Å². The molecule has 0 saturated heterocycles. The van der Waals surface area contributed by atoms with Gasteiger partial charge in [-0.05, 0) is 87.9 Å². The van der Waals surface area contributed by atoms with E-state index in [0.717, 1.165) is 30.1 Å². The molecule has 0 aromatic heterocycles. The molecule has 0 unspecified atom stereocenters. The standard InChI is InChI=1S/C21H35F/c1-2-3-7-18-9-13-20(14-10-18)21-15-11-19(12-16-21)8-5-4-6-17-22/h2,5,8,18-21H,1,3-4,6-7,9-17H2/b8-5+. The van der Waals surface area contributed by atoms with Crippen molar-refractivity contribution in [2.24, 2.45) is 23.7 Å². The third kappa shape index (κ3) is 5.89. The second-order valence-corrected chi connectivity index (χ2v) is 7.58. The van der Waals surface area contributed by atoms with Crippen LogP contribution in [0.15, 0.2) is 24.8 Å². The van der Waals surface area contributed by atoms with Crippen LogP contribution in [-0.2, 0) is 0 Å². The number of allylic oxidation sites excluding steroid dienone is 3. The Morgan fingerprint density at radius 1 is 0.864 bits per heavy atom. The van der Waals surface area contributed by atoms with Gasteiger partial charge in [-0.25, -0.2) is 0 Å². The maximum atomic E-state index is 12.1. The fourth-order valence-electron chi connectivity index (χ4n) is 4.59. The largest absolute Gasteiger partial charge is 0.251 e. The molecule has 0 radical (unpaired) electrons. The molecule has 0 aliphatic heterocycles. The average molecular weight is 307 g/mol. The van der Waals surface area contributed by atoms with E-state index in [4.69, 9.17) is 0 Å². The van der Waals surface area contributed by atoms with Crippen molar-refractivity contribution in [2.45, 2.75) is 77.0 Å². The molecule has 0 aromatic carbocycles. The van der Waals surface area contributed by atoms with Crippen LogP contribution in [0.25, 0.3) is 0 Å². The van der Waals surface area contributed by atoms with E-state index in [-0.39, 0.29) is 6.67 Å². The van der Waals surface area contributed by atoms with Crippen molar-refractivity contribution in [1.82, 2.24) is 0 Å². The monoisotopic (exact) mass is 306 g/mol. The molecule has 0 amide bonds.